The Kier molecular flexibility index (Phi) is 9.26. The van der Waals surface area contributed by atoms with Crippen LogP contribution in [0.5, 0.6) is 11.5 Å². The average Bonchev–Trinajstić information content (AvgIpc) is 3.34. The van der Waals surface area contributed by atoms with Gasteiger partial charge in [0.05, 0.1) is 5.60 Å². The largest absolute Gasteiger partial charge is 0.457 e. The fourth-order valence-corrected chi connectivity index (χ4v) is 5.76. The van der Waals surface area contributed by atoms with Crippen LogP contribution in [0.2, 0.25) is 0 Å². The van der Waals surface area contributed by atoms with Gasteiger partial charge in [0.25, 0.3) is 0 Å². The molecule has 7 nitrogen and oxygen atoms in total. The number of likely N-dealkylation sites (tertiary alicyclic amines) is 2. The lowest BCUT2D eigenvalue weighted by Crippen LogP contribution is -2.51. The van der Waals surface area contributed by atoms with Gasteiger partial charge in [-0.1, -0.05) is 36.4 Å². The molecule has 2 aliphatic heterocycles. The minimum atomic E-state index is -1.02. The third-order valence-corrected chi connectivity index (χ3v) is 7.63. The van der Waals surface area contributed by atoms with Gasteiger partial charge in [-0.25, -0.2) is 0 Å². The molecule has 36 heavy (non-hydrogen) atoms. The van der Waals surface area contributed by atoms with Crippen molar-refractivity contribution in [3.8, 4) is 11.5 Å². The first-order valence-corrected chi connectivity index (χ1v) is 13.3. The van der Waals surface area contributed by atoms with E-state index < -0.39 is 5.60 Å². The van der Waals surface area contributed by atoms with Gasteiger partial charge in [0.1, 0.15) is 17.7 Å². The Morgan fingerprint density at radius 1 is 1.06 bits per heavy atom. The number of hydrogen-bond acceptors (Lipinski definition) is 6. The van der Waals surface area contributed by atoms with E-state index in [0.29, 0.717) is 18.8 Å². The first kappa shape index (κ1) is 26.5. The monoisotopic (exact) mass is 495 g/mol. The average molecular weight is 496 g/mol. The predicted molar refractivity (Wildman–Crippen MR) is 142 cm³/mol. The van der Waals surface area contributed by atoms with Crippen molar-refractivity contribution in [3.05, 3.63) is 72.2 Å². The Bertz CT molecular complexity index is 985. The van der Waals surface area contributed by atoms with E-state index >= 15 is 0 Å². The zero-order valence-electron chi connectivity index (χ0n) is 21.6. The van der Waals surface area contributed by atoms with Gasteiger partial charge in [-0.15, -0.1) is 0 Å². The molecule has 0 amide bonds. The Morgan fingerprint density at radius 2 is 1.81 bits per heavy atom. The number of para-hydroxylation sites is 2. The maximum absolute atomic E-state index is 12.5. The van der Waals surface area contributed by atoms with E-state index in [1.54, 1.807) is 7.11 Å². The van der Waals surface area contributed by atoms with Crippen LogP contribution in [-0.2, 0) is 10.3 Å². The zero-order chi connectivity index (χ0) is 25.4. The molecular formula is C29H43N4O3+. The highest BCUT2D eigenvalue weighted by Crippen LogP contribution is 2.44. The normalized spacial score (nSPS) is 22.5. The topological polar surface area (TPSA) is 98.8 Å². The number of nitrogens with zero attached hydrogens (tertiary/aromatic N) is 2. The number of piperidine rings is 1. The van der Waals surface area contributed by atoms with Crippen molar-refractivity contribution in [2.45, 2.75) is 50.2 Å². The van der Waals surface area contributed by atoms with Gasteiger partial charge >= 0.3 is 0 Å². The summed E-state index contributed by atoms with van der Waals surface area (Å²) in [5, 5.41) is 12.5. The summed E-state index contributed by atoms with van der Waals surface area (Å²) in [6.45, 7) is 4.24. The summed E-state index contributed by atoms with van der Waals surface area (Å²) in [5.74, 6) is 2.68. The molecule has 196 valence electrons. The van der Waals surface area contributed by atoms with Crippen LogP contribution in [-0.4, -0.2) is 60.8 Å². The van der Waals surface area contributed by atoms with Crippen molar-refractivity contribution < 1.29 is 20.3 Å². The van der Waals surface area contributed by atoms with E-state index in [4.69, 9.17) is 15.2 Å². The molecular weight excluding hydrogens is 452 g/mol. The summed E-state index contributed by atoms with van der Waals surface area (Å²) in [6.07, 6.45) is 7.38. The highest BCUT2D eigenvalue weighted by molar-refractivity contribution is 5.42. The fourth-order valence-electron chi connectivity index (χ4n) is 5.76. The molecule has 2 aromatic rings. The van der Waals surface area contributed by atoms with Gasteiger partial charge in [-0.05, 0) is 56.7 Å². The van der Waals surface area contributed by atoms with Crippen LogP contribution >= 0.6 is 0 Å². The fraction of sp³-hybridized carbons (Fsp3) is 0.517. The molecule has 0 saturated carbocycles. The maximum atomic E-state index is 12.5. The summed E-state index contributed by atoms with van der Waals surface area (Å²) in [5.41, 5.74) is 10.2. The Hall–Kier alpha value is -2.58. The lowest BCUT2D eigenvalue weighted by molar-refractivity contribution is -0.280. The van der Waals surface area contributed by atoms with Crippen molar-refractivity contribution in [1.29, 1.82) is 0 Å². The lowest BCUT2D eigenvalue weighted by Gasteiger charge is -2.45. The standard InChI is InChI=1S/C29H42N4O3/c1-35-19-8-7-16-29(34,26-13-5-6-14-27(26)36-25-11-3-2-4-12-25)23-10-9-17-32(21-23)28(20-30)33-18-15-24(31)22-33/h2-6,11-14,20,23-24,34H,7-10,15-19,21-22,30-31H2,1H3/p+1/b28-20-/t23-,24?,29+/m1/s1. The number of aliphatic hydroxyl groups is 1. The van der Waals surface area contributed by atoms with E-state index in [-0.39, 0.29) is 12.0 Å². The van der Waals surface area contributed by atoms with E-state index in [1.165, 1.54) is 0 Å². The molecule has 2 aliphatic rings. The molecule has 2 heterocycles. The smallest absolute Gasteiger partial charge is 0.159 e. The number of methoxy groups -OCH3 is 1. The third-order valence-electron chi connectivity index (χ3n) is 7.63. The van der Waals surface area contributed by atoms with Crippen LogP contribution in [0.1, 0.15) is 44.1 Å². The Balaban J connectivity index is 1.62. The van der Waals surface area contributed by atoms with Crippen molar-refractivity contribution in [1.82, 2.24) is 9.80 Å². The molecule has 3 atom stereocenters. The van der Waals surface area contributed by atoms with Crippen LogP contribution in [0.15, 0.2) is 66.6 Å². The second kappa shape index (κ2) is 12.6. The maximum Gasteiger partial charge on any atom is 0.159 e. The SMILES string of the molecule is COCCCC[C@@](O)(c1ccccc1Oc1ccccc1)[C@@H]1CCCN(/C(=C/[NH3+])N2CCC(N)C2)C1. The molecule has 0 aliphatic carbocycles. The molecule has 7 heteroatoms. The first-order chi connectivity index (χ1) is 17.5. The van der Waals surface area contributed by atoms with Crippen molar-refractivity contribution in [2.75, 3.05) is 39.9 Å². The van der Waals surface area contributed by atoms with Gasteiger partial charge in [0.2, 0.25) is 0 Å². The van der Waals surface area contributed by atoms with Gasteiger partial charge in [-0.3, -0.25) is 0 Å². The number of nitrogens with two attached hydrogens (primary N) is 1. The van der Waals surface area contributed by atoms with Gasteiger partial charge < -0.3 is 35.8 Å². The third kappa shape index (κ3) is 6.21. The molecule has 0 radical (unpaired) electrons. The second-order valence-electron chi connectivity index (χ2n) is 10.1. The lowest BCUT2D eigenvalue weighted by atomic mass is 9.73. The molecule has 2 fully saturated rings. The van der Waals surface area contributed by atoms with Crippen molar-refractivity contribution in [2.24, 2.45) is 11.7 Å². The number of ether oxygens (including phenoxy) is 2. The second-order valence-corrected chi connectivity index (χ2v) is 10.1. The van der Waals surface area contributed by atoms with Crippen LogP contribution in [0.4, 0.5) is 0 Å². The molecule has 2 aromatic carbocycles. The van der Waals surface area contributed by atoms with E-state index in [0.717, 1.165) is 75.4 Å². The number of benzene rings is 2. The number of hydrogen-bond donors (Lipinski definition) is 3. The minimum absolute atomic E-state index is 0.0561. The number of quaternary nitrogens is 1. The quantitative estimate of drug-likeness (QED) is 0.414. The van der Waals surface area contributed by atoms with Gasteiger partial charge in [0, 0.05) is 57.4 Å². The van der Waals surface area contributed by atoms with Crippen molar-refractivity contribution >= 4 is 0 Å². The first-order valence-electron chi connectivity index (χ1n) is 13.3. The van der Waals surface area contributed by atoms with Crippen LogP contribution < -0.4 is 16.2 Å². The highest BCUT2D eigenvalue weighted by atomic mass is 16.5. The highest BCUT2D eigenvalue weighted by Gasteiger charge is 2.43. The predicted octanol–water partition coefficient (Wildman–Crippen LogP) is 3.27. The minimum Gasteiger partial charge on any atom is -0.457 e. The molecule has 6 N–H and O–H groups in total. The summed E-state index contributed by atoms with van der Waals surface area (Å²) in [4.78, 5) is 4.75. The van der Waals surface area contributed by atoms with Crippen LogP contribution in [0.3, 0.4) is 0 Å². The van der Waals surface area contributed by atoms with E-state index in [1.807, 2.05) is 60.8 Å². The number of rotatable bonds is 11. The van der Waals surface area contributed by atoms with Crippen LogP contribution in [0.25, 0.3) is 0 Å². The molecule has 2 saturated heterocycles. The summed E-state index contributed by atoms with van der Waals surface area (Å²) in [7, 11) is 1.73. The molecule has 0 spiro atoms. The van der Waals surface area contributed by atoms with Crippen LogP contribution in [0, 0.1) is 5.92 Å². The molecule has 1 unspecified atom stereocenters. The van der Waals surface area contributed by atoms with E-state index in [2.05, 4.69) is 15.5 Å². The number of unbranched alkanes of at least 4 members (excludes halogenated alkanes) is 1. The van der Waals surface area contributed by atoms with Gasteiger partial charge in [0.15, 0.2) is 5.82 Å². The Morgan fingerprint density at radius 3 is 2.53 bits per heavy atom. The molecule has 4 rings (SSSR count). The van der Waals surface area contributed by atoms with Crippen molar-refractivity contribution in [3.63, 3.8) is 0 Å². The molecule has 0 bridgehead atoms. The summed E-state index contributed by atoms with van der Waals surface area (Å²) < 4.78 is 11.6. The summed E-state index contributed by atoms with van der Waals surface area (Å²) in [6, 6.07) is 18.0. The summed E-state index contributed by atoms with van der Waals surface area (Å²) >= 11 is 0. The molecule has 0 aromatic heterocycles. The van der Waals surface area contributed by atoms with E-state index in [9.17, 15) is 5.11 Å². The zero-order valence-corrected chi connectivity index (χ0v) is 21.6. The van der Waals surface area contributed by atoms with Gasteiger partial charge in [-0.2, -0.15) is 0 Å². The Labute approximate surface area is 215 Å².